The quantitative estimate of drug-likeness (QED) is 0.269. The standard InChI is InChI=1S/C27H23ClF3N3O4S/c28-21-8-5-17(6-9-21)24(16-1-3-19(4-2-16)26(35)36)20-7-10-23-22(15-20)25(33-32-23)18-11-13-34(14-12-18)39(37,38)27(29,30)31/h1-10,15,18,24H,11-14H2,(H,32,33)(H,35,36)/t24-/m0/s1. The Balaban J connectivity index is 1.50. The van der Waals surface area contributed by atoms with Crippen LogP contribution < -0.4 is 0 Å². The van der Waals surface area contributed by atoms with E-state index < -0.39 is 21.5 Å². The first-order valence-electron chi connectivity index (χ1n) is 12.1. The highest BCUT2D eigenvalue weighted by Gasteiger charge is 2.50. The molecular formula is C27H23ClF3N3O4S. The SMILES string of the molecule is O=C(O)c1ccc([C@@H](c2ccc(Cl)cc2)c2ccc3n[nH]c(C4CCN(S(=O)(=O)C(F)(F)F)CC4)c3c2)cc1. The van der Waals surface area contributed by atoms with Gasteiger partial charge in [0.05, 0.1) is 11.1 Å². The zero-order valence-corrected chi connectivity index (χ0v) is 21.9. The molecule has 1 saturated heterocycles. The number of aromatic amines is 1. The molecule has 0 aliphatic carbocycles. The first-order valence-corrected chi connectivity index (χ1v) is 13.9. The van der Waals surface area contributed by atoms with E-state index in [1.807, 2.05) is 30.3 Å². The van der Waals surface area contributed by atoms with Gasteiger partial charge in [0.25, 0.3) is 0 Å². The zero-order chi connectivity index (χ0) is 27.9. The molecule has 39 heavy (non-hydrogen) atoms. The number of aromatic nitrogens is 2. The molecule has 1 fully saturated rings. The summed E-state index contributed by atoms with van der Waals surface area (Å²) in [5, 5.41) is 18.1. The van der Waals surface area contributed by atoms with Crippen LogP contribution >= 0.6 is 11.6 Å². The summed E-state index contributed by atoms with van der Waals surface area (Å²) in [5.41, 5.74) is -1.06. The minimum atomic E-state index is -5.36. The number of halogens is 4. The Morgan fingerprint density at radius 2 is 1.54 bits per heavy atom. The lowest BCUT2D eigenvalue weighted by Gasteiger charge is -2.31. The van der Waals surface area contributed by atoms with E-state index in [4.69, 9.17) is 11.6 Å². The van der Waals surface area contributed by atoms with Crippen LogP contribution in [0.3, 0.4) is 0 Å². The van der Waals surface area contributed by atoms with Crippen LogP contribution in [-0.2, 0) is 10.0 Å². The Morgan fingerprint density at radius 1 is 0.974 bits per heavy atom. The normalized spacial score (nSPS) is 16.4. The average molecular weight is 578 g/mol. The van der Waals surface area contributed by atoms with Gasteiger partial charge in [-0.3, -0.25) is 5.10 Å². The number of carboxylic acids is 1. The van der Waals surface area contributed by atoms with Crippen molar-refractivity contribution in [1.82, 2.24) is 14.5 Å². The van der Waals surface area contributed by atoms with E-state index >= 15 is 0 Å². The first-order chi connectivity index (χ1) is 18.5. The number of sulfonamides is 1. The van der Waals surface area contributed by atoms with Gasteiger partial charge in [0, 0.05) is 41.0 Å². The molecule has 0 bridgehead atoms. The second-order valence-electron chi connectivity index (χ2n) is 9.45. The summed E-state index contributed by atoms with van der Waals surface area (Å²) in [6.45, 7) is -0.480. The Bertz CT molecular complexity index is 1610. The topological polar surface area (TPSA) is 103 Å². The van der Waals surface area contributed by atoms with Crippen molar-refractivity contribution in [3.8, 4) is 0 Å². The Kier molecular flexibility index (Phi) is 7.17. The fraction of sp³-hybridized carbons (Fsp3) is 0.259. The number of piperidine rings is 1. The van der Waals surface area contributed by atoms with Crippen molar-refractivity contribution < 1.29 is 31.5 Å². The van der Waals surface area contributed by atoms with Crippen LogP contribution in [0.4, 0.5) is 13.2 Å². The molecule has 2 heterocycles. The molecule has 2 N–H and O–H groups in total. The first kappa shape index (κ1) is 27.2. The van der Waals surface area contributed by atoms with Gasteiger partial charge in [-0.1, -0.05) is 41.9 Å². The van der Waals surface area contributed by atoms with Crippen molar-refractivity contribution in [1.29, 1.82) is 0 Å². The van der Waals surface area contributed by atoms with E-state index in [2.05, 4.69) is 10.2 Å². The summed E-state index contributed by atoms with van der Waals surface area (Å²) in [6, 6.07) is 19.7. The van der Waals surface area contributed by atoms with Gasteiger partial charge in [0.15, 0.2) is 0 Å². The number of benzene rings is 3. The Hall–Kier alpha value is -3.41. The van der Waals surface area contributed by atoms with Gasteiger partial charge in [-0.05, 0) is 65.9 Å². The van der Waals surface area contributed by atoms with Crippen molar-refractivity contribution >= 4 is 38.5 Å². The largest absolute Gasteiger partial charge is 0.511 e. The molecule has 0 radical (unpaired) electrons. The molecule has 5 rings (SSSR count). The number of carboxylic acid groups (broad SMARTS) is 1. The molecule has 7 nitrogen and oxygen atoms in total. The lowest BCUT2D eigenvalue weighted by molar-refractivity contribution is -0.0494. The van der Waals surface area contributed by atoms with Crippen LogP contribution in [0.25, 0.3) is 10.9 Å². The molecule has 12 heteroatoms. The third-order valence-electron chi connectivity index (χ3n) is 7.13. The van der Waals surface area contributed by atoms with E-state index in [0.29, 0.717) is 14.8 Å². The molecule has 1 aliphatic heterocycles. The average Bonchev–Trinajstić information content (AvgIpc) is 3.33. The number of rotatable bonds is 6. The van der Waals surface area contributed by atoms with E-state index in [1.54, 1.807) is 36.4 Å². The van der Waals surface area contributed by atoms with Crippen molar-refractivity contribution in [2.24, 2.45) is 0 Å². The third-order valence-corrected chi connectivity index (χ3v) is 9.01. The minimum absolute atomic E-state index is 0.167. The molecular weight excluding hydrogens is 555 g/mol. The number of carbonyl (C=O) groups is 1. The van der Waals surface area contributed by atoms with Crippen molar-refractivity contribution in [2.45, 2.75) is 30.2 Å². The van der Waals surface area contributed by atoms with Gasteiger partial charge < -0.3 is 5.11 Å². The highest BCUT2D eigenvalue weighted by atomic mass is 35.5. The highest BCUT2D eigenvalue weighted by molar-refractivity contribution is 7.90. The maximum absolute atomic E-state index is 13.0. The van der Waals surface area contributed by atoms with Gasteiger partial charge >= 0.3 is 21.5 Å². The van der Waals surface area contributed by atoms with Crippen LogP contribution in [0, 0.1) is 0 Å². The van der Waals surface area contributed by atoms with Crippen molar-refractivity contribution in [3.05, 3.63) is 99.7 Å². The van der Waals surface area contributed by atoms with Crippen LogP contribution in [0.5, 0.6) is 0 Å². The number of aromatic carboxylic acids is 1. The van der Waals surface area contributed by atoms with Gasteiger partial charge in [-0.15, -0.1) is 0 Å². The van der Waals surface area contributed by atoms with Crippen molar-refractivity contribution in [3.63, 3.8) is 0 Å². The number of hydrogen-bond acceptors (Lipinski definition) is 4. The summed E-state index contributed by atoms with van der Waals surface area (Å²) < 4.78 is 63.1. The van der Waals surface area contributed by atoms with Crippen LogP contribution in [-0.4, -0.2) is 52.6 Å². The molecule has 1 aromatic heterocycles. The number of H-pyrrole nitrogens is 1. The number of nitrogens with one attached hydrogen (secondary N) is 1. The molecule has 0 unspecified atom stereocenters. The molecule has 3 aromatic carbocycles. The summed E-state index contributed by atoms with van der Waals surface area (Å²) in [7, 11) is -5.36. The predicted molar refractivity (Wildman–Crippen MR) is 140 cm³/mol. The second-order valence-corrected chi connectivity index (χ2v) is 11.8. The molecule has 0 spiro atoms. The van der Waals surface area contributed by atoms with Gasteiger partial charge in [0.1, 0.15) is 0 Å². The molecule has 4 aromatic rings. The second kappa shape index (κ2) is 10.3. The van der Waals surface area contributed by atoms with Crippen LogP contribution in [0.2, 0.25) is 5.02 Å². The Labute approximate surface area is 227 Å². The maximum atomic E-state index is 13.0. The summed E-state index contributed by atoms with van der Waals surface area (Å²) in [4.78, 5) is 11.4. The molecule has 1 aliphatic rings. The lowest BCUT2D eigenvalue weighted by Crippen LogP contribution is -2.44. The van der Waals surface area contributed by atoms with Gasteiger partial charge in [-0.2, -0.15) is 22.6 Å². The van der Waals surface area contributed by atoms with Crippen LogP contribution in [0.1, 0.15) is 57.4 Å². The van der Waals surface area contributed by atoms with Crippen LogP contribution in [0.15, 0.2) is 66.7 Å². The summed E-state index contributed by atoms with van der Waals surface area (Å²) in [6.07, 6.45) is 0.433. The number of fused-ring (bicyclic) bond motifs is 1. The van der Waals surface area contributed by atoms with E-state index in [1.165, 1.54) is 0 Å². The summed E-state index contributed by atoms with van der Waals surface area (Å²) in [5.74, 6) is -1.49. The molecule has 0 amide bonds. The predicted octanol–water partition coefficient (Wildman–Crippen LogP) is 6.12. The monoisotopic (exact) mass is 577 g/mol. The van der Waals surface area contributed by atoms with E-state index in [9.17, 15) is 31.5 Å². The number of hydrogen-bond donors (Lipinski definition) is 2. The molecule has 1 atom stereocenters. The molecule has 0 saturated carbocycles. The van der Waals surface area contributed by atoms with E-state index in [-0.39, 0.29) is 43.3 Å². The van der Waals surface area contributed by atoms with E-state index in [0.717, 1.165) is 27.8 Å². The maximum Gasteiger partial charge on any atom is 0.511 e. The van der Waals surface area contributed by atoms with Crippen molar-refractivity contribution in [2.75, 3.05) is 13.1 Å². The summed E-state index contributed by atoms with van der Waals surface area (Å²) >= 11 is 6.12. The number of nitrogens with zero attached hydrogens (tertiary/aromatic N) is 2. The fourth-order valence-electron chi connectivity index (χ4n) is 5.12. The lowest BCUT2D eigenvalue weighted by atomic mass is 9.83. The third kappa shape index (κ3) is 5.26. The fourth-order valence-corrected chi connectivity index (χ4v) is 6.23. The number of alkyl halides is 3. The minimum Gasteiger partial charge on any atom is -0.478 e. The molecule has 204 valence electrons. The van der Waals surface area contributed by atoms with Gasteiger partial charge in [-0.25, -0.2) is 13.2 Å². The highest BCUT2D eigenvalue weighted by Crippen LogP contribution is 2.38. The zero-order valence-electron chi connectivity index (χ0n) is 20.3. The Morgan fingerprint density at radius 3 is 2.10 bits per heavy atom. The van der Waals surface area contributed by atoms with Gasteiger partial charge in [0.2, 0.25) is 0 Å². The smallest absolute Gasteiger partial charge is 0.478 e.